The molecule has 0 atom stereocenters. The molecule has 4 rings (SSSR count). The summed E-state index contributed by atoms with van der Waals surface area (Å²) < 4.78 is 4.49. The first kappa shape index (κ1) is 18.9. The third kappa shape index (κ3) is 4.34. The maximum atomic E-state index is 12.7. The lowest BCUT2D eigenvalue weighted by Crippen LogP contribution is -2.48. The van der Waals surface area contributed by atoms with E-state index in [2.05, 4.69) is 14.3 Å². The summed E-state index contributed by atoms with van der Waals surface area (Å²) in [5, 5.41) is 1.65. The molecule has 0 bridgehead atoms. The van der Waals surface area contributed by atoms with E-state index in [1.807, 2.05) is 60.4 Å². The zero-order valence-electron chi connectivity index (χ0n) is 15.6. The molecule has 0 aliphatic carbocycles. The molecule has 2 heterocycles. The second-order valence-corrected chi connectivity index (χ2v) is 8.11. The van der Waals surface area contributed by atoms with Crippen molar-refractivity contribution in [3.8, 4) is 0 Å². The van der Waals surface area contributed by atoms with E-state index < -0.39 is 0 Å². The number of nitrogens with zero attached hydrogens (tertiary/aromatic N) is 4. The van der Waals surface area contributed by atoms with Crippen molar-refractivity contribution < 1.29 is 4.79 Å². The summed E-state index contributed by atoms with van der Waals surface area (Å²) in [6, 6.07) is 15.5. The lowest BCUT2D eigenvalue weighted by molar-refractivity contribution is 0.0747. The van der Waals surface area contributed by atoms with Gasteiger partial charge < -0.3 is 9.80 Å². The Morgan fingerprint density at radius 2 is 1.71 bits per heavy atom. The molecule has 7 heteroatoms. The fourth-order valence-electron chi connectivity index (χ4n) is 3.21. The predicted molar refractivity (Wildman–Crippen MR) is 113 cm³/mol. The quantitative estimate of drug-likeness (QED) is 0.648. The number of hydrogen-bond donors (Lipinski definition) is 0. The van der Waals surface area contributed by atoms with Gasteiger partial charge in [-0.25, -0.2) is 4.98 Å². The van der Waals surface area contributed by atoms with E-state index in [1.54, 1.807) is 0 Å². The molecule has 0 unspecified atom stereocenters. The van der Waals surface area contributed by atoms with Crippen LogP contribution >= 0.6 is 23.1 Å². The lowest BCUT2D eigenvalue weighted by Gasteiger charge is -2.34. The van der Waals surface area contributed by atoms with Gasteiger partial charge in [0, 0.05) is 54.7 Å². The van der Waals surface area contributed by atoms with Gasteiger partial charge in [-0.1, -0.05) is 41.4 Å². The second kappa shape index (κ2) is 8.29. The van der Waals surface area contributed by atoms with Gasteiger partial charge in [-0.2, -0.15) is 4.37 Å². The Hall–Kier alpha value is -2.44. The fraction of sp³-hybridized carbons (Fsp3) is 0.286. The van der Waals surface area contributed by atoms with Gasteiger partial charge in [-0.05, 0) is 36.8 Å². The molecule has 1 amide bonds. The van der Waals surface area contributed by atoms with E-state index in [1.165, 1.54) is 11.5 Å². The Bertz CT molecular complexity index is 947. The van der Waals surface area contributed by atoms with Crippen molar-refractivity contribution in [1.29, 1.82) is 0 Å². The first-order valence-corrected chi connectivity index (χ1v) is 10.4. The highest BCUT2D eigenvalue weighted by atomic mass is 35.5. The Morgan fingerprint density at radius 3 is 2.39 bits per heavy atom. The van der Waals surface area contributed by atoms with Gasteiger partial charge in [0.25, 0.3) is 5.91 Å². The lowest BCUT2D eigenvalue weighted by atomic mass is 10.1. The normalized spacial score (nSPS) is 14.4. The van der Waals surface area contributed by atoms with Crippen LogP contribution in [0.15, 0.2) is 48.5 Å². The summed E-state index contributed by atoms with van der Waals surface area (Å²) in [5.41, 5.74) is 3.05. The largest absolute Gasteiger partial charge is 0.343 e. The van der Waals surface area contributed by atoms with Crippen LogP contribution in [0.5, 0.6) is 0 Å². The maximum absolute atomic E-state index is 12.7. The van der Waals surface area contributed by atoms with Crippen LogP contribution in [0.2, 0.25) is 5.02 Å². The first-order chi connectivity index (χ1) is 13.6. The number of aromatic nitrogens is 2. The summed E-state index contributed by atoms with van der Waals surface area (Å²) in [5.74, 6) is 0.917. The number of amides is 1. The third-order valence-corrected chi connectivity index (χ3v) is 5.94. The van der Waals surface area contributed by atoms with Gasteiger partial charge in [0.05, 0.1) is 0 Å². The van der Waals surface area contributed by atoms with Crippen LogP contribution in [-0.4, -0.2) is 46.3 Å². The Kier molecular flexibility index (Phi) is 5.59. The molecule has 2 aromatic carbocycles. The van der Waals surface area contributed by atoms with Crippen LogP contribution in [0.1, 0.15) is 27.3 Å². The van der Waals surface area contributed by atoms with Crippen LogP contribution in [0.3, 0.4) is 0 Å². The van der Waals surface area contributed by atoms with Crippen LogP contribution in [0.25, 0.3) is 0 Å². The number of benzene rings is 2. The molecular weight excluding hydrogens is 392 g/mol. The van der Waals surface area contributed by atoms with Gasteiger partial charge >= 0.3 is 0 Å². The van der Waals surface area contributed by atoms with Gasteiger partial charge in [0.1, 0.15) is 5.82 Å². The van der Waals surface area contributed by atoms with E-state index in [4.69, 9.17) is 11.6 Å². The molecule has 0 radical (unpaired) electrons. The Labute approximate surface area is 173 Å². The van der Waals surface area contributed by atoms with Crippen LogP contribution in [0, 0.1) is 6.92 Å². The predicted octanol–water partition coefficient (Wildman–Crippen LogP) is 4.05. The Balaban J connectivity index is 1.35. The molecule has 1 aliphatic heterocycles. The smallest absolute Gasteiger partial charge is 0.253 e. The number of carbonyl (C=O) groups is 1. The summed E-state index contributed by atoms with van der Waals surface area (Å²) in [7, 11) is 0. The molecule has 1 aromatic heterocycles. The van der Waals surface area contributed by atoms with Gasteiger partial charge in [-0.15, -0.1) is 0 Å². The average Bonchev–Trinajstić information content (AvgIpc) is 3.18. The Morgan fingerprint density at radius 1 is 1.04 bits per heavy atom. The molecule has 0 saturated carbocycles. The van der Waals surface area contributed by atoms with Crippen LogP contribution in [-0.2, 0) is 6.42 Å². The van der Waals surface area contributed by atoms with E-state index in [0.29, 0.717) is 19.5 Å². The van der Waals surface area contributed by atoms with E-state index in [0.717, 1.165) is 45.8 Å². The zero-order chi connectivity index (χ0) is 19.5. The minimum Gasteiger partial charge on any atom is -0.343 e. The fourth-order valence-corrected chi connectivity index (χ4v) is 4.07. The minimum absolute atomic E-state index is 0.0975. The SMILES string of the molecule is Cc1ccc(C(=O)N2CCN(c3nc(Cc4ccc(Cl)cc4)ns3)CC2)cc1. The monoisotopic (exact) mass is 412 g/mol. The number of halogens is 1. The van der Waals surface area contributed by atoms with E-state index >= 15 is 0 Å². The molecule has 1 aliphatic rings. The van der Waals surface area contributed by atoms with Crippen LogP contribution in [0.4, 0.5) is 5.13 Å². The third-order valence-electron chi connectivity index (χ3n) is 4.87. The first-order valence-electron chi connectivity index (χ1n) is 9.26. The molecular formula is C21H21ClN4OS. The molecule has 144 valence electrons. The van der Waals surface area contributed by atoms with Crippen LogP contribution < -0.4 is 4.90 Å². The average molecular weight is 413 g/mol. The van der Waals surface area contributed by atoms with Crippen molar-refractivity contribution in [2.75, 3.05) is 31.1 Å². The molecule has 0 N–H and O–H groups in total. The number of rotatable bonds is 4. The maximum Gasteiger partial charge on any atom is 0.253 e. The summed E-state index contributed by atoms with van der Waals surface area (Å²) in [6.45, 7) is 4.95. The summed E-state index contributed by atoms with van der Waals surface area (Å²) in [6.07, 6.45) is 0.694. The van der Waals surface area contributed by atoms with Crippen molar-refractivity contribution >= 4 is 34.2 Å². The number of aryl methyl sites for hydroxylation is 1. The highest BCUT2D eigenvalue weighted by Gasteiger charge is 2.24. The number of anilines is 1. The highest BCUT2D eigenvalue weighted by Crippen LogP contribution is 2.21. The molecule has 28 heavy (non-hydrogen) atoms. The molecule has 1 saturated heterocycles. The molecule has 3 aromatic rings. The van der Waals surface area contributed by atoms with E-state index in [-0.39, 0.29) is 5.91 Å². The van der Waals surface area contributed by atoms with Crippen molar-refractivity contribution in [2.45, 2.75) is 13.3 Å². The summed E-state index contributed by atoms with van der Waals surface area (Å²) in [4.78, 5) is 21.5. The highest BCUT2D eigenvalue weighted by molar-refractivity contribution is 7.09. The van der Waals surface area contributed by atoms with E-state index in [9.17, 15) is 4.79 Å². The molecule has 1 fully saturated rings. The zero-order valence-corrected chi connectivity index (χ0v) is 17.2. The number of carbonyl (C=O) groups excluding carboxylic acids is 1. The standard InChI is InChI=1S/C21H21ClN4OS/c1-15-2-6-17(7-3-15)20(27)25-10-12-26(13-11-25)21-23-19(24-28-21)14-16-4-8-18(22)9-5-16/h2-9H,10-14H2,1H3. The second-order valence-electron chi connectivity index (χ2n) is 6.94. The molecule has 0 spiro atoms. The van der Waals surface area contributed by atoms with Crippen molar-refractivity contribution in [3.63, 3.8) is 0 Å². The number of piperazine rings is 1. The van der Waals surface area contributed by atoms with Gasteiger partial charge in [-0.3, -0.25) is 4.79 Å². The van der Waals surface area contributed by atoms with Crippen molar-refractivity contribution in [1.82, 2.24) is 14.3 Å². The summed E-state index contributed by atoms with van der Waals surface area (Å²) >= 11 is 7.36. The number of hydrogen-bond acceptors (Lipinski definition) is 5. The van der Waals surface area contributed by atoms with Crippen molar-refractivity contribution in [3.05, 3.63) is 76.1 Å². The topological polar surface area (TPSA) is 49.3 Å². The van der Waals surface area contributed by atoms with Crippen molar-refractivity contribution in [2.24, 2.45) is 0 Å². The molecule has 5 nitrogen and oxygen atoms in total. The van der Waals surface area contributed by atoms with Gasteiger partial charge in [0.15, 0.2) is 0 Å². The minimum atomic E-state index is 0.0975. The van der Waals surface area contributed by atoms with Gasteiger partial charge in [0.2, 0.25) is 5.13 Å².